The highest BCUT2D eigenvalue weighted by Gasteiger charge is 2.53. The van der Waals surface area contributed by atoms with Gasteiger partial charge in [-0.3, -0.25) is 0 Å². The molecule has 1 aliphatic carbocycles. The molecule has 0 bridgehead atoms. The number of hydrogen-bond acceptors (Lipinski definition) is 1. The highest BCUT2D eigenvalue weighted by molar-refractivity contribution is 9.10. The van der Waals surface area contributed by atoms with Crippen molar-refractivity contribution in [3.63, 3.8) is 0 Å². The van der Waals surface area contributed by atoms with Crippen LogP contribution in [0.4, 0.5) is 17.6 Å². The van der Waals surface area contributed by atoms with E-state index in [1.54, 1.807) is 0 Å². The molecule has 118 valence electrons. The number of aromatic hydroxyl groups is 1. The monoisotopic (exact) mass is 368 g/mol. The second-order valence-corrected chi connectivity index (χ2v) is 7.56. The maximum absolute atomic E-state index is 14.2. The van der Waals surface area contributed by atoms with Gasteiger partial charge in [0.1, 0.15) is 0 Å². The molecule has 0 unspecified atom stereocenters. The van der Waals surface area contributed by atoms with Gasteiger partial charge in [0.25, 0.3) is 0 Å². The fourth-order valence-electron chi connectivity index (χ4n) is 2.64. The predicted octanol–water partition coefficient (Wildman–Crippen LogP) is 5.58. The largest absolute Gasteiger partial charge is 0.505 e. The van der Waals surface area contributed by atoms with Crippen LogP contribution in [-0.4, -0.2) is 11.3 Å². The molecule has 0 radical (unpaired) electrons. The fraction of sp³-hybridized carbons (Fsp3) is 0.600. The van der Waals surface area contributed by atoms with Gasteiger partial charge in [-0.2, -0.15) is 13.2 Å². The van der Waals surface area contributed by atoms with Gasteiger partial charge in [0.15, 0.2) is 11.6 Å². The molecule has 1 fully saturated rings. The zero-order valence-electron chi connectivity index (χ0n) is 12.0. The quantitative estimate of drug-likeness (QED) is 0.676. The van der Waals surface area contributed by atoms with E-state index < -0.39 is 35.0 Å². The molecule has 0 spiro atoms. The van der Waals surface area contributed by atoms with Gasteiger partial charge in [-0.15, -0.1) is 0 Å². The average molecular weight is 369 g/mol. The smallest absolute Gasteiger partial charge is 0.389 e. The van der Waals surface area contributed by atoms with Crippen molar-refractivity contribution in [3.8, 4) is 5.75 Å². The van der Waals surface area contributed by atoms with E-state index in [0.717, 1.165) is 0 Å². The molecule has 0 heterocycles. The molecule has 21 heavy (non-hydrogen) atoms. The lowest BCUT2D eigenvalue weighted by molar-refractivity contribution is -0.141. The fourth-order valence-corrected chi connectivity index (χ4v) is 3.54. The number of phenols is 1. The SMILES string of the molecule is CC(C)(C)c1cc(C2(CC(F)(F)F)CC2)c(O)c(F)c1Br. The van der Waals surface area contributed by atoms with Crippen LogP contribution in [0, 0.1) is 5.82 Å². The van der Waals surface area contributed by atoms with E-state index in [9.17, 15) is 22.7 Å². The van der Waals surface area contributed by atoms with E-state index >= 15 is 0 Å². The van der Waals surface area contributed by atoms with Gasteiger partial charge < -0.3 is 5.11 Å². The Labute approximate surface area is 129 Å². The first-order chi connectivity index (χ1) is 9.37. The van der Waals surface area contributed by atoms with Crippen LogP contribution < -0.4 is 0 Å². The van der Waals surface area contributed by atoms with E-state index in [4.69, 9.17) is 0 Å². The van der Waals surface area contributed by atoms with Crippen molar-refractivity contribution in [1.82, 2.24) is 0 Å². The normalized spacial score (nSPS) is 17.9. The Bertz CT molecular complexity index is 569. The molecule has 0 amide bonds. The number of benzene rings is 1. The summed E-state index contributed by atoms with van der Waals surface area (Å²) in [6.07, 6.45) is -4.75. The number of alkyl halides is 3. The lowest BCUT2D eigenvalue weighted by Gasteiger charge is -2.26. The van der Waals surface area contributed by atoms with Crippen molar-refractivity contribution >= 4 is 15.9 Å². The second-order valence-electron chi connectivity index (χ2n) is 6.77. The van der Waals surface area contributed by atoms with Crippen molar-refractivity contribution in [3.05, 3.63) is 27.5 Å². The van der Waals surface area contributed by atoms with Gasteiger partial charge in [-0.25, -0.2) is 4.39 Å². The topological polar surface area (TPSA) is 20.2 Å². The zero-order chi connectivity index (χ0) is 16.2. The number of phenolic OH excluding ortho intramolecular Hbond substituents is 1. The van der Waals surface area contributed by atoms with Crippen molar-refractivity contribution in [2.45, 2.75) is 57.0 Å². The summed E-state index contributed by atoms with van der Waals surface area (Å²) < 4.78 is 52.5. The van der Waals surface area contributed by atoms with Crippen LogP contribution in [0.1, 0.15) is 51.2 Å². The Morgan fingerprint density at radius 2 is 1.76 bits per heavy atom. The Morgan fingerprint density at radius 3 is 2.14 bits per heavy atom. The highest BCUT2D eigenvalue weighted by atomic mass is 79.9. The Morgan fingerprint density at radius 1 is 1.24 bits per heavy atom. The first-order valence-electron chi connectivity index (χ1n) is 6.66. The molecule has 2 rings (SSSR count). The third-order valence-electron chi connectivity index (χ3n) is 3.95. The predicted molar refractivity (Wildman–Crippen MR) is 76.0 cm³/mol. The minimum Gasteiger partial charge on any atom is -0.505 e. The van der Waals surface area contributed by atoms with Crippen LogP contribution in [0.2, 0.25) is 0 Å². The Hall–Kier alpha value is -0.780. The molecule has 1 N–H and O–H groups in total. The molecular weight excluding hydrogens is 352 g/mol. The van der Waals surface area contributed by atoms with Crippen LogP contribution in [-0.2, 0) is 10.8 Å². The van der Waals surface area contributed by atoms with E-state index in [1.165, 1.54) is 6.07 Å². The number of halogens is 5. The molecule has 0 saturated heterocycles. The molecule has 1 aliphatic rings. The first kappa shape index (κ1) is 16.6. The summed E-state index contributed by atoms with van der Waals surface area (Å²) in [5.41, 5.74) is -0.993. The average Bonchev–Trinajstić information content (AvgIpc) is 3.02. The van der Waals surface area contributed by atoms with Crippen LogP contribution in [0.5, 0.6) is 5.75 Å². The molecule has 6 heteroatoms. The van der Waals surface area contributed by atoms with Gasteiger partial charge in [-0.05, 0) is 45.8 Å². The van der Waals surface area contributed by atoms with E-state index in [-0.39, 0.29) is 10.0 Å². The minimum absolute atomic E-state index is 0.0745. The van der Waals surface area contributed by atoms with Gasteiger partial charge >= 0.3 is 6.18 Å². The van der Waals surface area contributed by atoms with Gasteiger partial charge in [-0.1, -0.05) is 20.8 Å². The third kappa shape index (κ3) is 3.20. The van der Waals surface area contributed by atoms with Gasteiger partial charge in [0, 0.05) is 11.0 Å². The Balaban J connectivity index is 2.58. The van der Waals surface area contributed by atoms with Crippen molar-refractivity contribution in [2.75, 3.05) is 0 Å². The molecule has 1 nitrogen and oxygen atoms in total. The van der Waals surface area contributed by atoms with Crippen LogP contribution in [0.3, 0.4) is 0 Å². The molecule has 0 aromatic heterocycles. The summed E-state index contributed by atoms with van der Waals surface area (Å²) in [4.78, 5) is 0. The minimum atomic E-state index is -4.34. The molecule has 1 saturated carbocycles. The summed E-state index contributed by atoms with van der Waals surface area (Å²) >= 11 is 3.09. The third-order valence-corrected chi connectivity index (χ3v) is 4.73. The molecule has 1 aromatic carbocycles. The van der Waals surface area contributed by atoms with E-state index in [2.05, 4.69) is 15.9 Å². The van der Waals surface area contributed by atoms with Crippen LogP contribution in [0.25, 0.3) is 0 Å². The molecular formula is C15H17BrF4O. The van der Waals surface area contributed by atoms with Crippen molar-refractivity contribution in [1.29, 1.82) is 0 Å². The summed E-state index contributed by atoms with van der Waals surface area (Å²) in [7, 11) is 0. The summed E-state index contributed by atoms with van der Waals surface area (Å²) in [5.74, 6) is -1.55. The molecule has 1 aromatic rings. The zero-order valence-corrected chi connectivity index (χ0v) is 13.6. The molecule has 0 atom stereocenters. The summed E-state index contributed by atoms with van der Waals surface area (Å²) in [5, 5.41) is 9.97. The maximum atomic E-state index is 14.2. The Kier molecular flexibility index (Phi) is 3.84. The van der Waals surface area contributed by atoms with Gasteiger partial charge in [0.2, 0.25) is 0 Å². The van der Waals surface area contributed by atoms with Crippen LogP contribution >= 0.6 is 15.9 Å². The lowest BCUT2D eigenvalue weighted by Crippen LogP contribution is -2.21. The van der Waals surface area contributed by atoms with E-state index in [0.29, 0.717) is 18.4 Å². The highest BCUT2D eigenvalue weighted by Crippen LogP contribution is 2.58. The standard InChI is InChI=1S/C15H17BrF4O/c1-13(2,3)8-6-9(12(21)11(17)10(8)16)14(4-5-14)7-15(18,19)20/h6,21H,4-5,7H2,1-3H3. The molecule has 0 aliphatic heterocycles. The lowest BCUT2D eigenvalue weighted by atomic mass is 9.82. The summed E-state index contributed by atoms with van der Waals surface area (Å²) in [6.45, 7) is 5.53. The van der Waals surface area contributed by atoms with Crippen LogP contribution in [0.15, 0.2) is 10.5 Å². The van der Waals surface area contributed by atoms with Gasteiger partial charge in [0.05, 0.1) is 10.9 Å². The van der Waals surface area contributed by atoms with Crippen molar-refractivity contribution in [2.24, 2.45) is 0 Å². The number of hydrogen-bond donors (Lipinski definition) is 1. The maximum Gasteiger partial charge on any atom is 0.389 e. The first-order valence-corrected chi connectivity index (χ1v) is 7.45. The number of rotatable bonds is 2. The van der Waals surface area contributed by atoms with Crippen molar-refractivity contribution < 1.29 is 22.7 Å². The summed E-state index contributed by atoms with van der Waals surface area (Å²) in [6, 6.07) is 1.52. The van der Waals surface area contributed by atoms with E-state index in [1.807, 2.05) is 20.8 Å². The second kappa shape index (κ2) is 4.86.